The molecule has 2 rings (SSSR count). The molecule has 1 saturated heterocycles. The minimum Gasteiger partial charge on any atom is -0.497 e. The van der Waals surface area contributed by atoms with Gasteiger partial charge in [-0.2, -0.15) is 0 Å². The zero-order valence-corrected chi connectivity index (χ0v) is 9.72. The van der Waals surface area contributed by atoms with Crippen LogP contribution in [0.2, 0.25) is 0 Å². The van der Waals surface area contributed by atoms with Gasteiger partial charge in [0.1, 0.15) is 5.75 Å². The maximum atomic E-state index is 9.21. The second-order valence-corrected chi connectivity index (χ2v) is 4.34. The van der Waals surface area contributed by atoms with Crippen LogP contribution in [-0.4, -0.2) is 31.9 Å². The molecule has 1 aromatic carbocycles. The van der Waals surface area contributed by atoms with Gasteiger partial charge in [0, 0.05) is 31.5 Å². The van der Waals surface area contributed by atoms with Crippen molar-refractivity contribution in [1.82, 2.24) is 0 Å². The van der Waals surface area contributed by atoms with Crippen LogP contribution in [0.15, 0.2) is 24.3 Å². The molecule has 1 atom stereocenters. The third-order valence-electron chi connectivity index (χ3n) is 3.20. The van der Waals surface area contributed by atoms with Gasteiger partial charge < -0.3 is 14.7 Å². The number of hydrogen-bond acceptors (Lipinski definition) is 3. The van der Waals surface area contributed by atoms with Crippen LogP contribution < -0.4 is 9.64 Å². The number of aliphatic hydroxyl groups is 1. The predicted molar refractivity (Wildman–Crippen MR) is 65.0 cm³/mol. The lowest BCUT2D eigenvalue weighted by Gasteiger charge is -2.33. The number of anilines is 1. The molecule has 0 spiro atoms. The van der Waals surface area contributed by atoms with Gasteiger partial charge in [-0.25, -0.2) is 0 Å². The molecule has 1 aromatic rings. The molecule has 0 radical (unpaired) electrons. The summed E-state index contributed by atoms with van der Waals surface area (Å²) >= 11 is 0. The topological polar surface area (TPSA) is 32.7 Å². The average Bonchev–Trinajstić information content (AvgIpc) is 2.39. The predicted octanol–water partition coefficient (Wildman–Crippen LogP) is 1.90. The number of benzene rings is 1. The number of ether oxygens (including phenoxy) is 1. The Bertz CT molecular complexity index is 340. The van der Waals surface area contributed by atoms with Crippen molar-refractivity contribution in [1.29, 1.82) is 0 Å². The molecule has 3 heteroatoms. The molecule has 0 aliphatic carbocycles. The van der Waals surface area contributed by atoms with E-state index in [0.717, 1.165) is 31.7 Å². The second-order valence-electron chi connectivity index (χ2n) is 4.34. The van der Waals surface area contributed by atoms with E-state index in [9.17, 15) is 5.11 Å². The van der Waals surface area contributed by atoms with Gasteiger partial charge in [0.25, 0.3) is 0 Å². The fourth-order valence-corrected chi connectivity index (χ4v) is 2.26. The van der Waals surface area contributed by atoms with Gasteiger partial charge >= 0.3 is 0 Å². The normalized spacial score (nSPS) is 20.9. The molecular weight excluding hydrogens is 202 g/mol. The molecular formula is C13H19NO2. The summed E-state index contributed by atoms with van der Waals surface area (Å²) in [4.78, 5) is 2.33. The fourth-order valence-electron chi connectivity index (χ4n) is 2.26. The molecule has 1 aliphatic rings. The summed E-state index contributed by atoms with van der Waals surface area (Å²) in [6.07, 6.45) is 2.29. The Labute approximate surface area is 96.6 Å². The number of hydrogen-bond donors (Lipinski definition) is 1. The first-order chi connectivity index (χ1) is 7.83. The second kappa shape index (κ2) is 5.21. The molecule has 3 nitrogen and oxygen atoms in total. The van der Waals surface area contributed by atoms with Crippen LogP contribution >= 0.6 is 0 Å². The van der Waals surface area contributed by atoms with E-state index >= 15 is 0 Å². The van der Waals surface area contributed by atoms with E-state index in [2.05, 4.69) is 17.0 Å². The maximum absolute atomic E-state index is 9.21. The van der Waals surface area contributed by atoms with Gasteiger partial charge in [0.05, 0.1) is 7.11 Å². The highest BCUT2D eigenvalue weighted by Crippen LogP contribution is 2.25. The molecule has 16 heavy (non-hydrogen) atoms. The Morgan fingerprint density at radius 1 is 1.50 bits per heavy atom. The van der Waals surface area contributed by atoms with Gasteiger partial charge in [-0.3, -0.25) is 0 Å². The van der Waals surface area contributed by atoms with Gasteiger partial charge in [-0.1, -0.05) is 6.07 Å². The van der Waals surface area contributed by atoms with Crippen molar-refractivity contribution in [3.8, 4) is 5.75 Å². The zero-order chi connectivity index (χ0) is 11.4. The highest BCUT2D eigenvalue weighted by atomic mass is 16.5. The van der Waals surface area contributed by atoms with Crippen LogP contribution in [0.5, 0.6) is 5.75 Å². The van der Waals surface area contributed by atoms with Crippen LogP contribution in [0.25, 0.3) is 0 Å². The molecule has 0 aromatic heterocycles. The first kappa shape index (κ1) is 11.3. The van der Waals surface area contributed by atoms with Gasteiger partial charge in [-0.05, 0) is 30.9 Å². The largest absolute Gasteiger partial charge is 0.497 e. The van der Waals surface area contributed by atoms with E-state index in [1.54, 1.807) is 7.11 Å². The Balaban J connectivity index is 2.10. The van der Waals surface area contributed by atoms with Crippen molar-refractivity contribution in [3.63, 3.8) is 0 Å². The number of piperidine rings is 1. The lowest BCUT2D eigenvalue weighted by Crippen LogP contribution is -2.36. The standard InChI is InChI=1S/C13H19NO2/c1-16-13-6-2-5-12(8-13)14-7-3-4-11(9-14)10-15/h2,5-6,8,11,15H,3-4,7,9-10H2,1H3. The summed E-state index contributed by atoms with van der Waals surface area (Å²) in [6.45, 7) is 2.31. The molecule has 1 heterocycles. The maximum Gasteiger partial charge on any atom is 0.120 e. The number of aliphatic hydroxyl groups excluding tert-OH is 1. The first-order valence-electron chi connectivity index (χ1n) is 5.83. The third kappa shape index (κ3) is 2.47. The molecule has 0 bridgehead atoms. The number of methoxy groups -OCH3 is 1. The minimum absolute atomic E-state index is 0.292. The summed E-state index contributed by atoms with van der Waals surface area (Å²) < 4.78 is 5.22. The summed E-state index contributed by atoms with van der Waals surface area (Å²) in [6, 6.07) is 8.12. The first-order valence-corrected chi connectivity index (χ1v) is 5.83. The van der Waals surface area contributed by atoms with E-state index < -0.39 is 0 Å². The van der Waals surface area contributed by atoms with Crippen molar-refractivity contribution < 1.29 is 9.84 Å². The van der Waals surface area contributed by atoms with Crippen LogP contribution in [0.3, 0.4) is 0 Å². The van der Waals surface area contributed by atoms with Crippen LogP contribution in [0, 0.1) is 5.92 Å². The molecule has 88 valence electrons. The van der Waals surface area contributed by atoms with E-state index in [-0.39, 0.29) is 0 Å². The van der Waals surface area contributed by atoms with Gasteiger partial charge in [0.15, 0.2) is 0 Å². The number of rotatable bonds is 3. The fraction of sp³-hybridized carbons (Fsp3) is 0.538. The quantitative estimate of drug-likeness (QED) is 0.846. The highest BCUT2D eigenvalue weighted by Gasteiger charge is 2.19. The van der Waals surface area contributed by atoms with Gasteiger partial charge in [0.2, 0.25) is 0 Å². The molecule has 1 fully saturated rings. The lowest BCUT2D eigenvalue weighted by atomic mass is 9.98. The van der Waals surface area contributed by atoms with Crippen LogP contribution in [0.1, 0.15) is 12.8 Å². The van der Waals surface area contributed by atoms with Crippen molar-refractivity contribution in [2.24, 2.45) is 5.92 Å². The van der Waals surface area contributed by atoms with E-state index in [1.165, 1.54) is 5.69 Å². The molecule has 1 unspecified atom stereocenters. The van der Waals surface area contributed by atoms with Crippen molar-refractivity contribution in [2.45, 2.75) is 12.8 Å². The summed E-state index contributed by atoms with van der Waals surface area (Å²) in [7, 11) is 1.69. The van der Waals surface area contributed by atoms with Crippen molar-refractivity contribution >= 4 is 5.69 Å². The Hall–Kier alpha value is -1.22. The molecule has 0 saturated carbocycles. The zero-order valence-electron chi connectivity index (χ0n) is 9.72. The minimum atomic E-state index is 0.292. The Morgan fingerprint density at radius 2 is 2.38 bits per heavy atom. The Kier molecular flexibility index (Phi) is 3.67. The van der Waals surface area contributed by atoms with Gasteiger partial charge in [-0.15, -0.1) is 0 Å². The summed E-state index contributed by atoms with van der Waals surface area (Å²) in [5.74, 6) is 1.31. The Morgan fingerprint density at radius 3 is 3.12 bits per heavy atom. The van der Waals surface area contributed by atoms with Crippen LogP contribution in [0.4, 0.5) is 5.69 Å². The molecule has 1 aliphatic heterocycles. The average molecular weight is 221 g/mol. The monoisotopic (exact) mass is 221 g/mol. The highest BCUT2D eigenvalue weighted by molar-refractivity contribution is 5.51. The van der Waals surface area contributed by atoms with E-state index in [1.807, 2.05) is 12.1 Å². The SMILES string of the molecule is COc1cccc(N2CCCC(CO)C2)c1. The summed E-state index contributed by atoms with van der Waals surface area (Å²) in [5, 5.41) is 9.21. The molecule has 1 N–H and O–H groups in total. The summed E-state index contributed by atoms with van der Waals surface area (Å²) in [5.41, 5.74) is 1.19. The van der Waals surface area contributed by atoms with E-state index in [0.29, 0.717) is 12.5 Å². The number of nitrogens with zero attached hydrogens (tertiary/aromatic N) is 1. The van der Waals surface area contributed by atoms with Crippen molar-refractivity contribution in [3.05, 3.63) is 24.3 Å². The van der Waals surface area contributed by atoms with Crippen LogP contribution in [-0.2, 0) is 0 Å². The molecule has 0 amide bonds. The smallest absolute Gasteiger partial charge is 0.120 e. The lowest BCUT2D eigenvalue weighted by molar-refractivity contribution is 0.208. The third-order valence-corrected chi connectivity index (χ3v) is 3.20. The van der Waals surface area contributed by atoms with E-state index in [4.69, 9.17) is 4.74 Å². The van der Waals surface area contributed by atoms with Crippen molar-refractivity contribution in [2.75, 3.05) is 31.7 Å².